The van der Waals surface area contributed by atoms with Crippen molar-refractivity contribution in [2.45, 2.75) is 25.9 Å². The maximum absolute atomic E-state index is 12.4. The number of rotatable bonds is 8. The Hall–Kier alpha value is -2.88. The second-order valence-electron chi connectivity index (χ2n) is 7.61. The summed E-state index contributed by atoms with van der Waals surface area (Å²) >= 11 is 4.59. The molecule has 0 aliphatic carbocycles. The van der Waals surface area contributed by atoms with E-state index in [9.17, 15) is 9.59 Å². The van der Waals surface area contributed by atoms with Crippen LogP contribution in [0.1, 0.15) is 16.7 Å². The molecule has 4 rings (SSSR count). The second kappa shape index (κ2) is 10.4. The van der Waals surface area contributed by atoms with Crippen molar-refractivity contribution < 1.29 is 9.59 Å². The molecule has 3 heterocycles. The highest BCUT2D eigenvalue weighted by Gasteiger charge is 2.17. The van der Waals surface area contributed by atoms with E-state index in [0.717, 1.165) is 43.5 Å². The van der Waals surface area contributed by atoms with E-state index in [2.05, 4.69) is 15.6 Å². The first-order valence-electron chi connectivity index (χ1n) is 10.4. The van der Waals surface area contributed by atoms with Gasteiger partial charge in [0.1, 0.15) is 5.69 Å². The van der Waals surface area contributed by atoms with Crippen LogP contribution in [0.4, 0.5) is 5.69 Å². The molecule has 0 aliphatic rings. The molecular formula is C24H24N4O2S3. The predicted octanol–water partition coefficient (Wildman–Crippen LogP) is 5.64. The van der Waals surface area contributed by atoms with Crippen LogP contribution in [0.25, 0.3) is 21.1 Å². The van der Waals surface area contributed by atoms with Crippen LogP contribution in [-0.4, -0.2) is 34.1 Å². The molecule has 33 heavy (non-hydrogen) atoms. The zero-order chi connectivity index (χ0) is 23.4. The van der Waals surface area contributed by atoms with E-state index < -0.39 is 0 Å². The molecule has 0 unspecified atom stereocenters. The number of carbonyl (C=O) groups excluding carboxylic acids is 2. The fraction of sp³-hybridized carbons (Fsp3) is 0.208. The molecule has 0 saturated heterocycles. The van der Waals surface area contributed by atoms with E-state index >= 15 is 0 Å². The van der Waals surface area contributed by atoms with Crippen molar-refractivity contribution in [1.82, 2.24) is 15.3 Å². The van der Waals surface area contributed by atoms with E-state index in [-0.39, 0.29) is 24.1 Å². The summed E-state index contributed by atoms with van der Waals surface area (Å²) in [6.45, 7) is 5.87. The van der Waals surface area contributed by atoms with Crippen LogP contribution in [0.5, 0.6) is 0 Å². The third kappa shape index (κ3) is 5.73. The number of thioether (sulfide) groups is 1. The number of hydrogen-bond donors (Lipinski definition) is 3. The molecular weight excluding hydrogens is 472 g/mol. The molecule has 1 aromatic carbocycles. The number of anilines is 1. The van der Waals surface area contributed by atoms with Crippen molar-refractivity contribution >= 4 is 51.9 Å². The smallest absolute Gasteiger partial charge is 0.243 e. The summed E-state index contributed by atoms with van der Waals surface area (Å²) in [5.74, 6) is -0.308. The molecule has 0 saturated carbocycles. The highest BCUT2D eigenvalue weighted by atomic mass is 32.2. The zero-order valence-electron chi connectivity index (χ0n) is 18.5. The SMILES string of the molecule is Cc1cc(C)c(NC(=O)CNC(=O)CSc2nc(-c3cccs3)c(-c3cccs3)[nH]2)c(C)c1. The van der Waals surface area contributed by atoms with Crippen molar-refractivity contribution in [3.63, 3.8) is 0 Å². The van der Waals surface area contributed by atoms with Crippen molar-refractivity contribution in [3.8, 4) is 21.1 Å². The number of amides is 2. The Morgan fingerprint density at radius 2 is 1.67 bits per heavy atom. The van der Waals surface area contributed by atoms with Crippen LogP contribution in [0.15, 0.2) is 52.3 Å². The Labute approximate surface area is 204 Å². The van der Waals surface area contributed by atoms with E-state index in [1.165, 1.54) is 11.8 Å². The molecule has 0 spiro atoms. The van der Waals surface area contributed by atoms with Crippen LogP contribution in [-0.2, 0) is 9.59 Å². The van der Waals surface area contributed by atoms with Gasteiger partial charge in [0.25, 0.3) is 0 Å². The fourth-order valence-corrected chi connectivity index (χ4v) is 5.68. The molecule has 9 heteroatoms. The molecule has 4 aromatic rings. The number of nitrogens with zero attached hydrogens (tertiary/aromatic N) is 1. The quantitative estimate of drug-likeness (QED) is 0.276. The number of nitrogens with one attached hydrogen (secondary N) is 3. The van der Waals surface area contributed by atoms with Crippen molar-refractivity contribution in [3.05, 3.63) is 63.8 Å². The Morgan fingerprint density at radius 3 is 2.30 bits per heavy atom. The number of aromatic nitrogens is 2. The van der Waals surface area contributed by atoms with Gasteiger partial charge in [-0.2, -0.15) is 0 Å². The average Bonchev–Trinajstić information content (AvgIpc) is 3.53. The van der Waals surface area contributed by atoms with Gasteiger partial charge in [-0.15, -0.1) is 22.7 Å². The van der Waals surface area contributed by atoms with Gasteiger partial charge in [0.2, 0.25) is 11.8 Å². The van der Waals surface area contributed by atoms with Crippen LogP contribution in [0, 0.1) is 20.8 Å². The largest absolute Gasteiger partial charge is 0.346 e. The fourth-order valence-electron chi connectivity index (χ4n) is 3.54. The maximum Gasteiger partial charge on any atom is 0.243 e. The number of thiophene rings is 2. The Bertz CT molecular complexity index is 1190. The van der Waals surface area contributed by atoms with Crippen molar-refractivity contribution in [1.29, 1.82) is 0 Å². The first-order chi connectivity index (χ1) is 15.9. The number of aryl methyl sites for hydroxylation is 3. The summed E-state index contributed by atoms with van der Waals surface area (Å²) in [5.41, 5.74) is 5.80. The third-order valence-corrected chi connectivity index (χ3v) is 7.57. The number of hydrogen-bond acceptors (Lipinski definition) is 6. The molecule has 0 radical (unpaired) electrons. The molecule has 0 aliphatic heterocycles. The molecule has 3 aromatic heterocycles. The summed E-state index contributed by atoms with van der Waals surface area (Å²) in [7, 11) is 0. The highest BCUT2D eigenvalue weighted by molar-refractivity contribution is 7.99. The van der Waals surface area contributed by atoms with Gasteiger partial charge in [0.05, 0.1) is 27.7 Å². The van der Waals surface area contributed by atoms with E-state index in [1.807, 2.05) is 67.9 Å². The lowest BCUT2D eigenvalue weighted by Crippen LogP contribution is -2.34. The Balaban J connectivity index is 1.34. The third-order valence-electron chi connectivity index (χ3n) is 4.93. The van der Waals surface area contributed by atoms with Crippen molar-refractivity contribution in [2.24, 2.45) is 0 Å². The topological polar surface area (TPSA) is 86.9 Å². The Morgan fingerprint density at radius 1 is 1.00 bits per heavy atom. The van der Waals surface area contributed by atoms with Gasteiger partial charge in [0.15, 0.2) is 5.16 Å². The number of aromatic amines is 1. The van der Waals surface area contributed by atoms with E-state index in [1.54, 1.807) is 22.7 Å². The van der Waals surface area contributed by atoms with Gasteiger partial charge in [-0.05, 0) is 54.8 Å². The first-order valence-corrected chi connectivity index (χ1v) is 13.1. The number of imidazole rings is 1. The van der Waals surface area contributed by atoms with Crippen molar-refractivity contribution in [2.75, 3.05) is 17.6 Å². The second-order valence-corrected chi connectivity index (χ2v) is 10.5. The summed E-state index contributed by atoms with van der Waals surface area (Å²) in [6.07, 6.45) is 0. The maximum atomic E-state index is 12.4. The minimum absolute atomic E-state index is 0.0782. The number of carbonyl (C=O) groups is 2. The molecule has 0 fully saturated rings. The normalized spacial score (nSPS) is 10.9. The molecule has 170 valence electrons. The van der Waals surface area contributed by atoms with Gasteiger partial charge < -0.3 is 15.6 Å². The molecule has 0 bridgehead atoms. The lowest BCUT2D eigenvalue weighted by molar-refractivity contribution is -0.122. The molecule has 2 amide bonds. The standard InChI is InChI=1S/C24H24N4O2S3/c1-14-10-15(2)21(16(3)11-14)26-19(29)12-25-20(30)13-33-24-27-22(17-6-4-8-31-17)23(28-24)18-7-5-9-32-18/h4-11H,12-13H2,1-3H3,(H,25,30)(H,26,29)(H,27,28). The van der Waals surface area contributed by atoms with Gasteiger partial charge in [0, 0.05) is 5.69 Å². The summed E-state index contributed by atoms with van der Waals surface area (Å²) in [5, 5.41) is 10.3. The van der Waals surface area contributed by atoms with E-state index in [4.69, 9.17) is 4.98 Å². The molecule has 3 N–H and O–H groups in total. The van der Waals surface area contributed by atoms with Gasteiger partial charge in [-0.3, -0.25) is 9.59 Å². The monoisotopic (exact) mass is 496 g/mol. The lowest BCUT2D eigenvalue weighted by atomic mass is 10.1. The van der Waals surface area contributed by atoms with Crippen LogP contribution in [0.2, 0.25) is 0 Å². The van der Waals surface area contributed by atoms with E-state index in [0.29, 0.717) is 5.16 Å². The van der Waals surface area contributed by atoms with Gasteiger partial charge >= 0.3 is 0 Å². The lowest BCUT2D eigenvalue weighted by Gasteiger charge is -2.13. The average molecular weight is 497 g/mol. The van der Waals surface area contributed by atoms with Crippen LogP contribution in [0.3, 0.4) is 0 Å². The molecule has 0 atom stereocenters. The molecule has 6 nitrogen and oxygen atoms in total. The summed E-state index contributed by atoms with van der Waals surface area (Å²) in [6, 6.07) is 12.1. The highest BCUT2D eigenvalue weighted by Crippen LogP contribution is 2.36. The summed E-state index contributed by atoms with van der Waals surface area (Å²) in [4.78, 5) is 34.9. The minimum atomic E-state index is -0.249. The van der Waals surface area contributed by atoms with Crippen LogP contribution >= 0.6 is 34.4 Å². The number of benzene rings is 1. The predicted molar refractivity (Wildman–Crippen MR) is 138 cm³/mol. The minimum Gasteiger partial charge on any atom is -0.346 e. The Kier molecular flexibility index (Phi) is 7.32. The summed E-state index contributed by atoms with van der Waals surface area (Å²) < 4.78 is 0. The van der Waals surface area contributed by atoms with Crippen LogP contribution < -0.4 is 10.6 Å². The van der Waals surface area contributed by atoms with Gasteiger partial charge in [-0.25, -0.2) is 4.98 Å². The number of H-pyrrole nitrogens is 1. The van der Waals surface area contributed by atoms with Gasteiger partial charge in [-0.1, -0.05) is 41.6 Å². The zero-order valence-corrected chi connectivity index (χ0v) is 21.0. The first kappa shape index (κ1) is 23.3.